The standard InChI is InChI=1S/C19H27NO5/c1-2-24-19(23)20(16(12-22)13-6-4-3-5-7-13)10-14-15(11-21)18-9-8-17(14)25-18/h3-7,14-18,21-22H,2,8-12H2,1H3/t14-,15+,16?,17-,18+/m0/s1. The molecule has 0 saturated carbocycles. The molecule has 3 rings (SSSR count). The van der Waals surface area contributed by atoms with Crippen LogP contribution >= 0.6 is 0 Å². The first-order chi connectivity index (χ1) is 12.2. The van der Waals surface area contributed by atoms with Gasteiger partial charge in [0.15, 0.2) is 0 Å². The van der Waals surface area contributed by atoms with E-state index < -0.39 is 12.1 Å². The third-order valence-corrected chi connectivity index (χ3v) is 5.44. The van der Waals surface area contributed by atoms with Crippen LogP contribution in [-0.2, 0) is 9.47 Å². The number of nitrogens with zero attached hydrogens (tertiary/aromatic N) is 1. The van der Waals surface area contributed by atoms with Crippen LogP contribution in [0.3, 0.4) is 0 Å². The normalized spacial score (nSPS) is 28.8. The van der Waals surface area contributed by atoms with Crippen molar-refractivity contribution in [1.82, 2.24) is 4.90 Å². The Bertz CT molecular complexity index is 566. The summed E-state index contributed by atoms with van der Waals surface area (Å²) in [5, 5.41) is 19.7. The summed E-state index contributed by atoms with van der Waals surface area (Å²) in [6.45, 7) is 2.32. The van der Waals surface area contributed by atoms with Crippen molar-refractivity contribution in [3.05, 3.63) is 35.9 Å². The number of aliphatic hydroxyl groups excluding tert-OH is 2. The molecule has 2 saturated heterocycles. The van der Waals surface area contributed by atoms with Crippen molar-refractivity contribution in [2.75, 3.05) is 26.4 Å². The molecule has 2 aliphatic rings. The van der Waals surface area contributed by atoms with Gasteiger partial charge in [-0.15, -0.1) is 0 Å². The van der Waals surface area contributed by atoms with Gasteiger partial charge in [0.25, 0.3) is 0 Å². The minimum atomic E-state index is -0.473. The minimum absolute atomic E-state index is 0.0331. The lowest BCUT2D eigenvalue weighted by Gasteiger charge is -2.36. The summed E-state index contributed by atoms with van der Waals surface area (Å²) in [5.41, 5.74) is 0.864. The molecule has 2 fully saturated rings. The van der Waals surface area contributed by atoms with Crippen molar-refractivity contribution in [1.29, 1.82) is 0 Å². The fraction of sp³-hybridized carbons (Fsp3) is 0.632. The summed E-state index contributed by atoms with van der Waals surface area (Å²) in [4.78, 5) is 14.2. The molecule has 0 spiro atoms. The quantitative estimate of drug-likeness (QED) is 0.787. The van der Waals surface area contributed by atoms with Gasteiger partial charge in [0, 0.05) is 25.0 Å². The van der Waals surface area contributed by atoms with E-state index in [-0.39, 0.29) is 43.9 Å². The zero-order valence-corrected chi connectivity index (χ0v) is 14.6. The summed E-state index contributed by atoms with van der Waals surface area (Å²) >= 11 is 0. The van der Waals surface area contributed by atoms with Crippen LogP contribution < -0.4 is 0 Å². The van der Waals surface area contributed by atoms with Crippen LogP contribution in [0.1, 0.15) is 31.4 Å². The van der Waals surface area contributed by atoms with Crippen LogP contribution in [0.4, 0.5) is 4.79 Å². The van der Waals surface area contributed by atoms with Crippen molar-refractivity contribution >= 4 is 6.09 Å². The Morgan fingerprint density at radius 2 is 1.92 bits per heavy atom. The lowest BCUT2D eigenvalue weighted by Crippen LogP contribution is -2.45. The van der Waals surface area contributed by atoms with Crippen molar-refractivity contribution in [3.63, 3.8) is 0 Å². The van der Waals surface area contributed by atoms with E-state index in [1.807, 2.05) is 30.3 Å². The van der Waals surface area contributed by atoms with Crippen LogP contribution in [0, 0.1) is 11.8 Å². The second kappa shape index (κ2) is 8.17. The topological polar surface area (TPSA) is 79.2 Å². The summed E-state index contributed by atoms with van der Waals surface area (Å²) in [6, 6.07) is 9.00. The van der Waals surface area contributed by atoms with Crippen LogP contribution in [0.15, 0.2) is 30.3 Å². The van der Waals surface area contributed by atoms with Crippen LogP contribution in [0.25, 0.3) is 0 Å². The van der Waals surface area contributed by atoms with Gasteiger partial charge < -0.3 is 19.7 Å². The van der Waals surface area contributed by atoms with Crippen molar-refractivity contribution < 1.29 is 24.5 Å². The lowest BCUT2D eigenvalue weighted by atomic mass is 9.79. The first-order valence-electron chi connectivity index (χ1n) is 9.05. The fourth-order valence-corrected chi connectivity index (χ4v) is 4.20. The Morgan fingerprint density at radius 3 is 2.52 bits per heavy atom. The summed E-state index contributed by atoms with van der Waals surface area (Å²) < 4.78 is 11.2. The van der Waals surface area contributed by atoms with Gasteiger partial charge in [-0.2, -0.15) is 0 Å². The van der Waals surface area contributed by atoms with Crippen LogP contribution in [0.5, 0.6) is 0 Å². The second-order valence-corrected chi connectivity index (χ2v) is 6.76. The van der Waals surface area contributed by atoms with E-state index in [9.17, 15) is 15.0 Å². The van der Waals surface area contributed by atoms with Crippen molar-refractivity contribution in [3.8, 4) is 0 Å². The van der Waals surface area contributed by atoms with E-state index in [2.05, 4.69) is 0 Å². The number of fused-ring (bicyclic) bond motifs is 2. The highest BCUT2D eigenvalue weighted by molar-refractivity contribution is 5.68. The average Bonchev–Trinajstić information content (AvgIpc) is 3.24. The Morgan fingerprint density at radius 1 is 1.24 bits per heavy atom. The first-order valence-corrected chi connectivity index (χ1v) is 9.05. The molecule has 2 heterocycles. The number of benzene rings is 1. The van der Waals surface area contributed by atoms with E-state index in [0.29, 0.717) is 6.54 Å². The molecule has 6 heteroatoms. The fourth-order valence-electron chi connectivity index (χ4n) is 4.20. The van der Waals surface area contributed by atoms with Crippen molar-refractivity contribution in [2.24, 2.45) is 11.8 Å². The summed E-state index contributed by atoms with van der Waals surface area (Å²) in [7, 11) is 0. The molecule has 2 N–H and O–H groups in total. The van der Waals surface area contributed by atoms with E-state index in [1.165, 1.54) is 0 Å². The first kappa shape index (κ1) is 18.2. The Hall–Kier alpha value is -1.63. The number of hydrogen-bond donors (Lipinski definition) is 2. The molecule has 2 bridgehead atoms. The summed E-state index contributed by atoms with van der Waals surface area (Å²) in [6.07, 6.45) is 1.62. The molecule has 138 valence electrons. The van der Waals surface area contributed by atoms with Crippen LogP contribution in [0.2, 0.25) is 0 Å². The maximum Gasteiger partial charge on any atom is 0.410 e. The van der Waals surface area contributed by atoms with Gasteiger partial charge in [-0.25, -0.2) is 4.79 Å². The number of hydrogen-bond acceptors (Lipinski definition) is 5. The third kappa shape index (κ3) is 3.66. The van der Waals surface area contributed by atoms with Crippen LogP contribution in [-0.4, -0.2) is 59.8 Å². The highest BCUT2D eigenvalue weighted by atomic mass is 16.6. The molecule has 1 unspecified atom stereocenters. The Kier molecular flexibility index (Phi) is 5.93. The molecule has 2 aliphatic heterocycles. The van der Waals surface area contributed by atoms with E-state index >= 15 is 0 Å². The number of rotatable bonds is 7. The molecule has 0 aromatic heterocycles. The monoisotopic (exact) mass is 349 g/mol. The van der Waals surface area contributed by atoms with Gasteiger partial charge in [0.2, 0.25) is 0 Å². The highest BCUT2D eigenvalue weighted by Crippen LogP contribution is 2.44. The van der Waals surface area contributed by atoms with Crippen molar-refractivity contribution in [2.45, 2.75) is 38.0 Å². The molecular weight excluding hydrogens is 322 g/mol. The highest BCUT2D eigenvalue weighted by Gasteiger charge is 2.49. The largest absolute Gasteiger partial charge is 0.450 e. The summed E-state index contributed by atoms with van der Waals surface area (Å²) in [5.74, 6) is 0.0942. The molecule has 1 amide bonds. The number of aliphatic hydroxyl groups is 2. The van der Waals surface area contributed by atoms with Gasteiger partial charge in [0.1, 0.15) is 0 Å². The number of amides is 1. The smallest absolute Gasteiger partial charge is 0.410 e. The molecule has 1 aromatic carbocycles. The zero-order chi connectivity index (χ0) is 17.8. The SMILES string of the molecule is CCOC(=O)N(C[C@H]1[C@@H](CO)[C@H]2CC[C@@H]1O2)C(CO)c1ccccc1. The van der Waals surface area contributed by atoms with Gasteiger partial charge in [-0.05, 0) is 25.3 Å². The number of carbonyl (C=O) groups excluding carboxylic acids is 1. The molecule has 6 nitrogen and oxygen atoms in total. The minimum Gasteiger partial charge on any atom is -0.450 e. The van der Waals surface area contributed by atoms with E-state index in [0.717, 1.165) is 18.4 Å². The Balaban J connectivity index is 1.83. The van der Waals surface area contributed by atoms with Gasteiger partial charge in [-0.3, -0.25) is 4.90 Å². The average molecular weight is 349 g/mol. The molecule has 5 atom stereocenters. The maximum atomic E-state index is 12.6. The number of ether oxygens (including phenoxy) is 2. The molecule has 1 aromatic rings. The maximum absolute atomic E-state index is 12.6. The lowest BCUT2D eigenvalue weighted by molar-refractivity contribution is 0.0460. The van der Waals surface area contributed by atoms with Gasteiger partial charge >= 0.3 is 6.09 Å². The number of carbonyl (C=O) groups is 1. The van der Waals surface area contributed by atoms with Gasteiger partial charge in [0.05, 0.1) is 31.5 Å². The predicted octanol–water partition coefficient (Wildman–Crippen LogP) is 1.96. The molecule has 0 aliphatic carbocycles. The van der Waals surface area contributed by atoms with E-state index in [4.69, 9.17) is 9.47 Å². The Labute approximate surface area is 148 Å². The van der Waals surface area contributed by atoms with E-state index in [1.54, 1.807) is 11.8 Å². The molecular formula is C19H27NO5. The third-order valence-electron chi connectivity index (χ3n) is 5.44. The molecule has 0 radical (unpaired) electrons. The van der Waals surface area contributed by atoms with Gasteiger partial charge in [-0.1, -0.05) is 30.3 Å². The predicted molar refractivity (Wildman–Crippen MR) is 92.0 cm³/mol. The second-order valence-electron chi connectivity index (χ2n) is 6.76. The molecule has 25 heavy (non-hydrogen) atoms. The zero-order valence-electron chi connectivity index (χ0n) is 14.6.